The van der Waals surface area contributed by atoms with Gasteiger partial charge in [-0.3, -0.25) is 0 Å². The zero-order chi connectivity index (χ0) is 28.4. The van der Waals surface area contributed by atoms with Crippen molar-refractivity contribution in [2.75, 3.05) is 13.1 Å². The van der Waals surface area contributed by atoms with Crippen molar-refractivity contribution in [3.63, 3.8) is 0 Å². The van der Waals surface area contributed by atoms with Gasteiger partial charge in [0, 0.05) is 23.2 Å². The molecule has 0 saturated carbocycles. The van der Waals surface area contributed by atoms with Crippen LogP contribution in [-0.2, 0) is 24.8 Å². The average molecular weight is 594 g/mol. The monoisotopic (exact) mass is 593 g/mol. The quantitative estimate of drug-likeness (QED) is 0.367. The molecule has 1 unspecified atom stereocenters. The molecule has 1 heterocycles. The van der Waals surface area contributed by atoms with Crippen LogP contribution in [0, 0.1) is 5.82 Å². The number of carbonyl (C=O) groups excluding carboxylic acids is 1. The van der Waals surface area contributed by atoms with Gasteiger partial charge in [0.25, 0.3) is 10.2 Å². The molecule has 0 radical (unpaired) electrons. The Balaban J connectivity index is 1.84. The predicted octanol–water partition coefficient (Wildman–Crippen LogP) is 2.76. The number of hydrogen-bond donors (Lipinski definition) is 3. The van der Waals surface area contributed by atoms with Gasteiger partial charge in [0.2, 0.25) is 0 Å². The Morgan fingerprint density at radius 2 is 1.67 bits per heavy atom. The van der Waals surface area contributed by atoms with E-state index < -0.39 is 49.2 Å². The summed E-state index contributed by atoms with van der Waals surface area (Å²) in [5.74, 6) is -0.533. The third-order valence-corrected chi connectivity index (χ3v) is 9.43. The number of sulfone groups is 1. The summed E-state index contributed by atoms with van der Waals surface area (Å²) in [6.07, 6.45) is 0. The van der Waals surface area contributed by atoms with E-state index in [1.54, 1.807) is 30.3 Å². The Morgan fingerprint density at radius 1 is 1.05 bits per heavy atom. The minimum absolute atomic E-state index is 0.00881. The van der Waals surface area contributed by atoms with Crippen molar-refractivity contribution in [2.24, 2.45) is 10.2 Å². The lowest BCUT2D eigenvalue weighted by Gasteiger charge is -2.31. The van der Waals surface area contributed by atoms with Gasteiger partial charge in [-0.15, -0.1) is 0 Å². The number of nitrogens with zero attached hydrogens (tertiary/aromatic N) is 2. The number of urea groups is 1. The van der Waals surface area contributed by atoms with Gasteiger partial charge in [-0.25, -0.2) is 27.8 Å². The number of carbonyl (C=O) groups is 1. The van der Waals surface area contributed by atoms with E-state index in [1.165, 1.54) is 55.5 Å². The number of amides is 2. The number of halogens is 2. The Bertz CT molecular complexity index is 1600. The minimum Gasteiger partial charge on any atom is -0.335 e. The van der Waals surface area contributed by atoms with Gasteiger partial charge in [0.05, 0.1) is 17.2 Å². The summed E-state index contributed by atoms with van der Waals surface area (Å²) in [6.45, 7) is 0.911. The van der Waals surface area contributed by atoms with Crippen molar-refractivity contribution in [3.05, 3.63) is 101 Å². The molecule has 0 saturated heterocycles. The van der Waals surface area contributed by atoms with E-state index in [4.69, 9.17) is 16.7 Å². The summed E-state index contributed by atoms with van der Waals surface area (Å²) in [7, 11) is -8.32. The van der Waals surface area contributed by atoms with Crippen LogP contribution in [0.5, 0.6) is 0 Å². The second kappa shape index (κ2) is 11.0. The molecule has 39 heavy (non-hydrogen) atoms. The van der Waals surface area contributed by atoms with Crippen molar-refractivity contribution in [1.29, 1.82) is 0 Å². The summed E-state index contributed by atoms with van der Waals surface area (Å²) in [6, 6.07) is 17.5. The van der Waals surface area contributed by atoms with Crippen LogP contribution in [0.4, 0.5) is 9.18 Å². The minimum atomic E-state index is -4.31. The topological polar surface area (TPSA) is 151 Å². The highest BCUT2D eigenvalue weighted by molar-refractivity contribution is 7.93. The van der Waals surface area contributed by atoms with Crippen LogP contribution >= 0.6 is 11.6 Å². The van der Waals surface area contributed by atoms with Crippen LogP contribution in [-0.4, -0.2) is 52.7 Å². The van der Waals surface area contributed by atoms with Crippen LogP contribution < -0.4 is 15.2 Å². The highest BCUT2D eigenvalue weighted by atomic mass is 35.5. The fourth-order valence-electron chi connectivity index (χ4n) is 4.31. The molecule has 10 nitrogen and oxygen atoms in total. The lowest BCUT2D eigenvalue weighted by atomic mass is 9.89. The molecule has 2 atom stereocenters. The van der Waals surface area contributed by atoms with Crippen LogP contribution in [0.15, 0.2) is 88.9 Å². The number of hydrogen-bond acceptors (Lipinski definition) is 6. The first-order chi connectivity index (χ1) is 18.3. The molecular weight excluding hydrogens is 569 g/mol. The molecule has 3 aromatic carbocycles. The van der Waals surface area contributed by atoms with Gasteiger partial charge in [0.15, 0.2) is 14.6 Å². The maximum Gasteiger partial charge on any atom is 0.337 e. The molecule has 1 aliphatic rings. The predicted molar refractivity (Wildman–Crippen MR) is 146 cm³/mol. The lowest BCUT2D eigenvalue weighted by molar-refractivity contribution is 0.202. The fraction of sp³-hybridized carbons (Fsp3) is 0.200. The van der Waals surface area contributed by atoms with E-state index in [2.05, 4.69) is 15.1 Å². The van der Waals surface area contributed by atoms with E-state index in [0.29, 0.717) is 10.6 Å². The molecule has 2 amide bonds. The van der Waals surface area contributed by atoms with E-state index in [1.807, 2.05) is 0 Å². The molecule has 14 heteroatoms. The molecule has 4 N–H and O–H groups in total. The summed E-state index contributed by atoms with van der Waals surface area (Å²) < 4.78 is 65.6. The van der Waals surface area contributed by atoms with Crippen molar-refractivity contribution in [3.8, 4) is 0 Å². The number of nitrogens with one attached hydrogen (secondary N) is 2. The highest BCUT2D eigenvalue weighted by Gasteiger charge is 2.56. The maximum atomic E-state index is 14.5. The van der Waals surface area contributed by atoms with E-state index in [0.717, 1.165) is 5.01 Å². The zero-order valence-electron chi connectivity index (χ0n) is 20.6. The SMILES string of the molecule is C[C@@H](CNC(=O)N1CC(c2ccccc2)(S(=O)(=O)c2ccc(Cl)cc2)C(c2ccc(F)cc2)=N1)NS(N)(=O)=O. The van der Waals surface area contributed by atoms with Gasteiger partial charge in [-0.2, -0.15) is 18.2 Å². The Morgan fingerprint density at radius 3 is 2.26 bits per heavy atom. The fourth-order valence-corrected chi connectivity index (χ4v) is 7.13. The van der Waals surface area contributed by atoms with E-state index in [-0.39, 0.29) is 22.7 Å². The molecule has 0 aliphatic carbocycles. The Hall–Kier alpha value is -3.36. The largest absolute Gasteiger partial charge is 0.337 e. The third kappa shape index (κ3) is 5.97. The average Bonchev–Trinajstić information content (AvgIpc) is 3.30. The number of rotatable bonds is 8. The second-order valence-electron chi connectivity index (χ2n) is 8.91. The second-order valence-corrected chi connectivity index (χ2v) is 12.9. The van der Waals surface area contributed by atoms with E-state index in [9.17, 15) is 26.0 Å². The molecule has 1 aliphatic heterocycles. The molecule has 206 valence electrons. The molecule has 3 aromatic rings. The number of benzene rings is 3. The van der Waals surface area contributed by atoms with Gasteiger partial charge in [0.1, 0.15) is 5.82 Å². The zero-order valence-corrected chi connectivity index (χ0v) is 23.0. The first kappa shape index (κ1) is 28.6. The summed E-state index contributed by atoms with van der Waals surface area (Å²) >= 11 is 6.01. The molecule has 0 aromatic heterocycles. The van der Waals surface area contributed by atoms with Crippen molar-refractivity contribution in [2.45, 2.75) is 22.6 Å². The van der Waals surface area contributed by atoms with Gasteiger partial charge < -0.3 is 5.32 Å². The lowest BCUT2D eigenvalue weighted by Crippen LogP contribution is -2.50. The van der Waals surface area contributed by atoms with Crippen molar-refractivity contribution < 1.29 is 26.0 Å². The molecule has 4 rings (SSSR count). The number of nitrogens with two attached hydrogens (primary N) is 1. The third-order valence-electron chi connectivity index (χ3n) is 6.08. The van der Waals surface area contributed by atoms with Crippen LogP contribution in [0.3, 0.4) is 0 Å². The van der Waals surface area contributed by atoms with Gasteiger partial charge in [-0.1, -0.05) is 54.1 Å². The highest BCUT2D eigenvalue weighted by Crippen LogP contribution is 2.43. The van der Waals surface area contributed by atoms with Crippen LogP contribution in [0.2, 0.25) is 5.02 Å². The first-order valence-electron chi connectivity index (χ1n) is 11.6. The number of hydrazone groups is 1. The van der Waals surface area contributed by atoms with Gasteiger partial charge in [-0.05, 0) is 48.9 Å². The smallest absolute Gasteiger partial charge is 0.335 e. The van der Waals surface area contributed by atoms with Gasteiger partial charge >= 0.3 is 6.03 Å². The molecular formula is C25H25ClFN5O5S2. The summed E-state index contributed by atoms with van der Waals surface area (Å²) in [4.78, 5) is 13.1. The molecule has 0 bridgehead atoms. The first-order valence-corrected chi connectivity index (χ1v) is 15.0. The Kier molecular flexibility index (Phi) is 8.09. The summed E-state index contributed by atoms with van der Waals surface area (Å²) in [5, 5.41) is 13.3. The molecule has 0 fully saturated rings. The van der Waals surface area contributed by atoms with Crippen LogP contribution in [0.25, 0.3) is 0 Å². The summed E-state index contributed by atoms with van der Waals surface area (Å²) in [5.41, 5.74) is 0.634. The van der Waals surface area contributed by atoms with Crippen LogP contribution in [0.1, 0.15) is 18.1 Å². The molecule has 0 spiro atoms. The van der Waals surface area contributed by atoms with E-state index >= 15 is 0 Å². The van der Waals surface area contributed by atoms with Crippen molar-refractivity contribution in [1.82, 2.24) is 15.0 Å². The standard InChI is InChI=1S/C25H25ClFN5O5S2/c1-17(31-39(28,36)37)15-29-24(33)32-16-25(19-5-3-2-4-6-19,23(30-32)18-7-11-21(27)12-8-18)38(34,35)22-13-9-20(26)10-14-22/h2-14,17,31H,15-16H2,1H3,(H,29,33)(H2,28,36,37)/t17-,25?/m0/s1. The maximum absolute atomic E-state index is 14.5. The normalized spacial score (nSPS) is 18.5. The van der Waals surface area contributed by atoms with Crippen molar-refractivity contribution >= 4 is 43.4 Å². The Labute approximate surface area is 230 Å².